The summed E-state index contributed by atoms with van der Waals surface area (Å²) >= 11 is 0. The Labute approximate surface area is 92.7 Å². The zero-order valence-corrected chi connectivity index (χ0v) is 9.35. The number of aromatic nitrogens is 1. The second-order valence-electron chi connectivity index (χ2n) is 4.16. The van der Waals surface area contributed by atoms with Crippen molar-refractivity contribution in [1.29, 1.82) is 0 Å². The first kappa shape index (κ1) is 12.2. The standard InChI is InChI=1S/C9H14N4O3/c1-9(2,3)16-8-5-6(13(14)15)4-7(11-8)12-10/h4-5H,10H2,1-3H3,(H,11,12). The van der Waals surface area contributed by atoms with Gasteiger partial charge >= 0.3 is 0 Å². The van der Waals surface area contributed by atoms with Crippen LogP contribution >= 0.6 is 0 Å². The number of anilines is 1. The third-order valence-corrected chi connectivity index (χ3v) is 1.56. The highest BCUT2D eigenvalue weighted by atomic mass is 16.6. The first-order valence-corrected chi connectivity index (χ1v) is 4.64. The molecule has 1 aromatic heterocycles. The van der Waals surface area contributed by atoms with Crippen molar-refractivity contribution in [3.8, 4) is 5.88 Å². The lowest BCUT2D eigenvalue weighted by Crippen LogP contribution is -2.24. The summed E-state index contributed by atoms with van der Waals surface area (Å²) in [6.45, 7) is 5.47. The quantitative estimate of drug-likeness (QED) is 0.459. The van der Waals surface area contributed by atoms with Gasteiger partial charge in [-0.25, -0.2) is 5.84 Å². The molecular formula is C9H14N4O3. The number of nitrogens with one attached hydrogen (secondary N) is 1. The molecule has 0 spiro atoms. The molecule has 0 aromatic carbocycles. The Balaban J connectivity index is 3.09. The maximum Gasteiger partial charge on any atom is 0.278 e. The van der Waals surface area contributed by atoms with Crippen molar-refractivity contribution in [2.24, 2.45) is 5.84 Å². The number of hydrogen-bond donors (Lipinski definition) is 2. The van der Waals surface area contributed by atoms with Crippen molar-refractivity contribution < 1.29 is 9.66 Å². The van der Waals surface area contributed by atoms with E-state index in [-0.39, 0.29) is 17.4 Å². The average molecular weight is 226 g/mol. The van der Waals surface area contributed by atoms with Crippen LogP contribution in [0.25, 0.3) is 0 Å². The molecule has 0 radical (unpaired) electrons. The lowest BCUT2D eigenvalue weighted by molar-refractivity contribution is -0.384. The van der Waals surface area contributed by atoms with Crippen molar-refractivity contribution in [3.05, 3.63) is 22.2 Å². The van der Waals surface area contributed by atoms with E-state index in [1.807, 2.05) is 20.8 Å². The Morgan fingerprint density at radius 3 is 2.56 bits per heavy atom. The molecule has 1 heterocycles. The summed E-state index contributed by atoms with van der Waals surface area (Å²) in [5.74, 6) is 5.51. The van der Waals surface area contributed by atoms with Crippen LogP contribution < -0.4 is 16.0 Å². The van der Waals surface area contributed by atoms with E-state index < -0.39 is 10.5 Å². The van der Waals surface area contributed by atoms with Crippen molar-refractivity contribution in [2.75, 3.05) is 5.43 Å². The predicted molar refractivity (Wildman–Crippen MR) is 59.1 cm³/mol. The first-order chi connectivity index (χ1) is 7.31. The van der Waals surface area contributed by atoms with Crippen LogP contribution in [0.5, 0.6) is 5.88 Å². The number of rotatable bonds is 3. The van der Waals surface area contributed by atoms with E-state index >= 15 is 0 Å². The van der Waals surface area contributed by atoms with Gasteiger partial charge in [-0.1, -0.05) is 0 Å². The normalized spacial score (nSPS) is 11.0. The highest BCUT2D eigenvalue weighted by molar-refractivity contribution is 5.47. The van der Waals surface area contributed by atoms with Crippen molar-refractivity contribution >= 4 is 11.5 Å². The number of nitro groups is 1. The topological polar surface area (TPSA) is 103 Å². The van der Waals surface area contributed by atoms with Gasteiger partial charge in [0.05, 0.1) is 17.1 Å². The molecule has 0 saturated heterocycles. The molecule has 0 aliphatic heterocycles. The summed E-state index contributed by atoms with van der Waals surface area (Å²) in [6, 6.07) is 2.49. The van der Waals surface area contributed by atoms with Gasteiger partial charge in [0.1, 0.15) is 5.60 Å². The van der Waals surface area contributed by atoms with E-state index in [1.54, 1.807) is 0 Å². The van der Waals surface area contributed by atoms with E-state index in [1.165, 1.54) is 12.1 Å². The predicted octanol–water partition coefficient (Wildman–Crippen LogP) is 1.45. The SMILES string of the molecule is CC(C)(C)Oc1cc([N+](=O)[O-])cc(NN)n1. The Hall–Kier alpha value is -1.89. The fourth-order valence-electron chi connectivity index (χ4n) is 1.04. The van der Waals surface area contributed by atoms with E-state index in [2.05, 4.69) is 10.4 Å². The third-order valence-electron chi connectivity index (χ3n) is 1.56. The van der Waals surface area contributed by atoms with E-state index in [9.17, 15) is 10.1 Å². The van der Waals surface area contributed by atoms with Crippen molar-refractivity contribution in [2.45, 2.75) is 26.4 Å². The van der Waals surface area contributed by atoms with Crippen molar-refractivity contribution in [3.63, 3.8) is 0 Å². The number of hydrazine groups is 1. The number of nitrogens with zero attached hydrogens (tertiary/aromatic N) is 2. The number of ether oxygens (including phenoxy) is 1. The van der Waals surface area contributed by atoms with E-state index in [0.29, 0.717) is 0 Å². The first-order valence-electron chi connectivity index (χ1n) is 4.64. The van der Waals surface area contributed by atoms with Gasteiger partial charge in [-0.15, -0.1) is 0 Å². The van der Waals surface area contributed by atoms with Crippen LogP contribution in [0.3, 0.4) is 0 Å². The van der Waals surface area contributed by atoms with Gasteiger partial charge < -0.3 is 10.2 Å². The van der Waals surface area contributed by atoms with Gasteiger partial charge in [-0.3, -0.25) is 10.1 Å². The highest BCUT2D eigenvalue weighted by Crippen LogP contribution is 2.24. The van der Waals surface area contributed by atoms with Crippen LogP contribution in [0.2, 0.25) is 0 Å². The average Bonchev–Trinajstić information content (AvgIpc) is 2.14. The maximum atomic E-state index is 10.6. The fraction of sp³-hybridized carbons (Fsp3) is 0.444. The van der Waals surface area contributed by atoms with Gasteiger partial charge in [0, 0.05) is 0 Å². The fourth-order valence-corrected chi connectivity index (χ4v) is 1.04. The van der Waals surface area contributed by atoms with Crippen LogP contribution in [0.4, 0.5) is 11.5 Å². The smallest absolute Gasteiger partial charge is 0.278 e. The zero-order chi connectivity index (χ0) is 12.3. The largest absolute Gasteiger partial charge is 0.472 e. The molecule has 88 valence electrons. The molecule has 1 rings (SSSR count). The molecule has 0 aliphatic carbocycles. The molecule has 0 atom stereocenters. The number of pyridine rings is 1. The highest BCUT2D eigenvalue weighted by Gasteiger charge is 2.17. The van der Waals surface area contributed by atoms with Crippen molar-refractivity contribution in [1.82, 2.24) is 4.98 Å². The lowest BCUT2D eigenvalue weighted by atomic mass is 10.2. The van der Waals surface area contributed by atoms with Crippen LogP contribution in [-0.4, -0.2) is 15.5 Å². The molecule has 7 heteroatoms. The van der Waals surface area contributed by atoms with Crippen LogP contribution in [-0.2, 0) is 0 Å². The summed E-state index contributed by atoms with van der Waals surface area (Å²) in [7, 11) is 0. The van der Waals surface area contributed by atoms with Gasteiger partial charge in [0.2, 0.25) is 5.88 Å². The number of nitrogen functional groups attached to an aromatic ring is 1. The second-order valence-corrected chi connectivity index (χ2v) is 4.16. The summed E-state index contributed by atoms with van der Waals surface area (Å²) in [5.41, 5.74) is 1.65. The molecule has 16 heavy (non-hydrogen) atoms. The molecule has 0 unspecified atom stereocenters. The molecule has 0 amide bonds. The molecule has 3 N–H and O–H groups in total. The van der Waals surface area contributed by atoms with Gasteiger partial charge in [0.15, 0.2) is 5.82 Å². The molecule has 7 nitrogen and oxygen atoms in total. The third kappa shape index (κ3) is 3.35. The molecule has 1 aromatic rings. The van der Waals surface area contributed by atoms with Crippen LogP contribution in [0.15, 0.2) is 12.1 Å². The summed E-state index contributed by atoms with van der Waals surface area (Å²) in [4.78, 5) is 14.1. The Kier molecular flexibility index (Phi) is 3.28. The summed E-state index contributed by atoms with van der Waals surface area (Å²) in [5, 5.41) is 10.6. The molecule has 0 fully saturated rings. The minimum atomic E-state index is -0.530. The second kappa shape index (κ2) is 4.31. The molecule has 0 bridgehead atoms. The summed E-state index contributed by atoms with van der Waals surface area (Å²) < 4.78 is 5.42. The molecule has 0 saturated carbocycles. The number of hydrogen-bond acceptors (Lipinski definition) is 6. The zero-order valence-electron chi connectivity index (χ0n) is 9.35. The van der Waals surface area contributed by atoms with Gasteiger partial charge in [0.25, 0.3) is 5.69 Å². The maximum absolute atomic E-state index is 10.6. The van der Waals surface area contributed by atoms with Gasteiger partial charge in [-0.05, 0) is 20.8 Å². The van der Waals surface area contributed by atoms with E-state index in [4.69, 9.17) is 10.6 Å². The van der Waals surface area contributed by atoms with E-state index in [0.717, 1.165) is 0 Å². The Morgan fingerprint density at radius 2 is 2.12 bits per heavy atom. The molecular weight excluding hydrogens is 212 g/mol. The van der Waals surface area contributed by atoms with Crippen LogP contribution in [0.1, 0.15) is 20.8 Å². The monoisotopic (exact) mass is 226 g/mol. The van der Waals surface area contributed by atoms with Crippen LogP contribution in [0, 0.1) is 10.1 Å². The minimum Gasteiger partial charge on any atom is -0.472 e. The Bertz CT molecular complexity index is 400. The molecule has 0 aliphatic rings. The lowest BCUT2D eigenvalue weighted by Gasteiger charge is -2.20. The summed E-state index contributed by atoms with van der Waals surface area (Å²) in [6.07, 6.45) is 0. The number of nitrogens with two attached hydrogens (primary N) is 1. The Morgan fingerprint density at radius 1 is 1.50 bits per heavy atom. The minimum absolute atomic E-state index is 0.123. The van der Waals surface area contributed by atoms with Gasteiger partial charge in [-0.2, -0.15) is 4.98 Å².